The van der Waals surface area contributed by atoms with Gasteiger partial charge >= 0.3 is 6.18 Å². The third-order valence-electron chi connectivity index (χ3n) is 4.27. The van der Waals surface area contributed by atoms with Gasteiger partial charge in [-0.15, -0.1) is 0 Å². The molecular formula is C15H19F3N6OS. The minimum absolute atomic E-state index is 0.0392. The SMILES string of the molecule is COCCc1nsc(N2CCC(N(C)c3cc(C(F)(F)F)ncn3)C2)n1. The van der Waals surface area contributed by atoms with Gasteiger partial charge in [-0.2, -0.15) is 17.5 Å². The summed E-state index contributed by atoms with van der Waals surface area (Å²) in [6.07, 6.45) is -2.07. The molecule has 0 N–H and O–H groups in total. The fourth-order valence-electron chi connectivity index (χ4n) is 2.78. The predicted octanol–water partition coefficient (Wildman–Crippen LogP) is 2.25. The van der Waals surface area contributed by atoms with Crippen LogP contribution in [0.3, 0.4) is 0 Å². The molecule has 0 aromatic carbocycles. The monoisotopic (exact) mass is 388 g/mol. The van der Waals surface area contributed by atoms with Gasteiger partial charge in [-0.25, -0.2) is 15.0 Å². The van der Waals surface area contributed by atoms with E-state index in [0.717, 1.165) is 36.3 Å². The second-order valence-electron chi connectivity index (χ2n) is 5.99. The van der Waals surface area contributed by atoms with Crippen molar-refractivity contribution in [3.8, 4) is 0 Å². The van der Waals surface area contributed by atoms with Crippen molar-refractivity contribution >= 4 is 22.5 Å². The van der Waals surface area contributed by atoms with Crippen LogP contribution in [0.2, 0.25) is 0 Å². The number of likely N-dealkylation sites (N-methyl/N-ethyl adjacent to an activating group) is 1. The molecule has 3 heterocycles. The van der Waals surface area contributed by atoms with Crippen molar-refractivity contribution in [2.75, 3.05) is 43.7 Å². The Bertz CT molecular complexity index is 740. The Morgan fingerprint density at radius 3 is 2.92 bits per heavy atom. The summed E-state index contributed by atoms with van der Waals surface area (Å²) in [6.45, 7) is 1.99. The summed E-state index contributed by atoms with van der Waals surface area (Å²) in [5.41, 5.74) is -0.934. The Morgan fingerprint density at radius 1 is 1.38 bits per heavy atom. The molecule has 142 valence electrons. The maximum Gasteiger partial charge on any atom is 0.433 e. The van der Waals surface area contributed by atoms with Gasteiger partial charge in [-0.3, -0.25) is 0 Å². The lowest BCUT2D eigenvalue weighted by molar-refractivity contribution is -0.141. The van der Waals surface area contributed by atoms with Gasteiger partial charge in [-0.1, -0.05) is 0 Å². The van der Waals surface area contributed by atoms with Crippen LogP contribution in [0.25, 0.3) is 0 Å². The number of rotatable bonds is 6. The molecule has 0 saturated carbocycles. The molecule has 1 atom stereocenters. The molecule has 2 aromatic rings. The van der Waals surface area contributed by atoms with E-state index >= 15 is 0 Å². The number of ether oxygens (including phenoxy) is 1. The molecule has 7 nitrogen and oxygen atoms in total. The number of hydrogen-bond donors (Lipinski definition) is 0. The third-order valence-corrected chi connectivity index (χ3v) is 5.09. The van der Waals surface area contributed by atoms with Crippen molar-refractivity contribution in [1.29, 1.82) is 0 Å². The standard InChI is InChI=1S/C15H19F3N6OS/c1-23(13-7-11(15(16,17)18)19-9-20-13)10-3-5-24(8-10)14-21-12(22-26-14)4-6-25-2/h7,9-10H,3-6,8H2,1-2H3. The van der Waals surface area contributed by atoms with Crippen LogP contribution in [-0.2, 0) is 17.3 Å². The van der Waals surface area contributed by atoms with Crippen LogP contribution in [-0.4, -0.2) is 59.2 Å². The highest BCUT2D eigenvalue weighted by Crippen LogP contribution is 2.30. The summed E-state index contributed by atoms with van der Waals surface area (Å²) in [7, 11) is 3.38. The van der Waals surface area contributed by atoms with Crippen LogP contribution < -0.4 is 9.80 Å². The number of halogens is 3. The zero-order chi connectivity index (χ0) is 18.7. The van der Waals surface area contributed by atoms with Crippen molar-refractivity contribution in [2.45, 2.75) is 25.1 Å². The number of hydrogen-bond acceptors (Lipinski definition) is 8. The fourth-order valence-corrected chi connectivity index (χ4v) is 3.53. The molecule has 1 aliphatic rings. The molecule has 1 aliphatic heterocycles. The van der Waals surface area contributed by atoms with Crippen molar-refractivity contribution in [3.63, 3.8) is 0 Å². The van der Waals surface area contributed by atoms with Crippen LogP contribution in [0.5, 0.6) is 0 Å². The Kier molecular flexibility index (Phi) is 5.56. The Balaban J connectivity index is 1.66. The van der Waals surface area contributed by atoms with Crippen LogP contribution in [0, 0.1) is 0 Å². The fraction of sp³-hybridized carbons (Fsp3) is 0.600. The molecule has 11 heteroatoms. The van der Waals surface area contributed by atoms with Gasteiger partial charge in [0.2, 0.25) is 5.13 Å². The van der Waals surface area contributed by atoms with Crippen molar-refractivity contribution in [3.05, 3.63) is 23.9 Å². The zero-order valence-corrected chi connectivity index (χ0v) is 15.2. The molecule has 26 heavy (non-hydrogen) atoms. The maximum absolute atomic E-state index is 12.8. The summed E-state index contributed by atoms with van der Waals surface area (Å²) in [5.74, 6) is 1.01. The molecule has 3 rings (SSSR count). The molecule has 1 saturated heterocycles. The lowest BCUT2D eigenvalue weighted by Crippen LogP contribution is -2.35. The molecule has 1 unspecified atom stereocenters. The number of nitrogens with zero attached hydrogens (tertiary/aromatic N) is 6. The van der Waals surface area contributed by atoms with Crippen LogP contribution in [0.4, 0.5) is 24.1 Å². The van der Waals surface area contributed by atoms with Crippen LogP contribution >= 0.6 is 11.5 Å². The van der Waals surface area contributed by atoms with Gasteiger partial charge in [0, 0.05) is 57.3 Å². The van der Waals surface area contributed by atoms with E-state index in [4.69, 9.17) is 4.74 Å². The highest BCUT2D eigenvalue weighted by molar-refractivity contribution is 7.09. The second-order valence-corrected chi connectivity index (χ2v) is 6.72. The topological polar surface area (TPSA) is 67.3 Å². The van der Waals surface area contributed by atoms with E-state index in [2.05, 4.69) is 24.2 Å². The second kappa shape index (κ2) is 7.70. The predicted molar refractivity (Wildman–Crippen MR) is 91.5 cm³/mol. The molecular weight excluding hydrogens is 369 g/mol. The summed E-state index contributed by atoms with van der Waals surface area (Å²) in [4.78, 5) is 15.7. The highest BCUT2D eigenvalue weighted by Gasteiger charge is 2.34. The van der Waals surface area contributed by atoms with Crippen molar-refractivity contribution in [2.24, 2.45) is 0 Å². The first kappa shape index (κ1) is 18.8. The lowest BCUT2D eigenvalue weighted by atomic mass is 10.2. The molecule has 0 bridgehead atoms. The molecule has 2 aromatic heterocycles. The number of aromatic nitrogens is 4. The van der Waals surface area contributed by atoms with Gasteiger partial charge in [-0.05, 0) is 6.42 Å². The number of anilines is 2. The van der Waals surface area contributed by atoms with Gasteiger partial charge in [0.25, 0.3) is 0 Å². The molecule has 0 spiro atoms. The minimum atomic E-state index is -4.48. The average molecular weight is 388 g/mol. The zero-order valence-electron chi connectivity index (χ0n) is 14.4. The van der Waals surface area contributed by atoms with E-state index in [1.807, 2.05) is 0 Å². The van der Waals surface area contributed by atoms with Gasteiger partial charge in [0.1, 0.15) is 23.7 Å². The lowest BCUT2D eigenvalue weighted by Gasteiger charge is -2.26. The van der Waals surface area contributed by atoms with Crippen LogP contribution in [0.1, 0.15) is 17.9 Å². The van der Waals surface area contributed by atoms with E-state index in [0.29, 0.717) is 19.6 Å². The largest absolute Gasteiger partial charge is 0.433 e. The van der Waals surface area contributed by atoms with Gasteiger partial charge in [0.15, 0.2) is 0 Å². The molecule has 0 radical (unpaired) electrons. The third kappa shape index (κ3) is 4.21. The van der Waals surface area contributed by atoms with E-state index in [1.165, 1.54) is 11.5 Å². The molecule has 1 fully saturated rings. The van der Waals surface area contributed by atoms with E-state index in [-0.39, 0.29) is 11.9 Å². The minimum Gasteiger partial charge on any atom is -0.384 e. The Hall–Kier alpha value is -2.01. The first-order valence-electron chi connectivity index (χ1n) is 8.07. The molecule has 0 amide bonds. The summed E-state index contributed by atoms with van der Waals surface area (Å²) in [6, 6.07) is 1.02. The first-order chi connectivity index (χ1) is 12.4. The normalized spacial score (nSPS) is 17.7. The number of alkyl halides is 3. The summed E-state index contributed by atoms with van der Waals surface area (Å²) in [5, 5.41) is 0.825. The summed E-state index contributed by atoms with van der Waals surface area (Å²) < 4.78 is 47.9. The summed E-state index contributed by atoms with van der Waals surface area (Å²) >= 11 is 1.33. The maximum atomic E-state index is 12.8. The number of methoxy groups -OCH3 is 1. The Morgan fingerprint density at radius 2 is 2.19 bits per heavy atom. The van der Waals surface area contributed by atoms with Gasteiger partial charge < -0.3 is 14.5 Å². The highest BCUT2D eigenvalue weighted by atomic mass is 32.1. The first-order valence-corrected chi connectivity index (χ1v) is 8.84. The van der Waals surface area contributed by atoms with E-state index in [9.17, 15) is 13.2 Å². The van der Waals surface area contributed by atoms with E-state index in [1.54, 1.807) is 19.1 Å². The van der Waals surface area contributed by atoms with Gasteiger partial charge in [0.05, 0.1) is 6.61 Å². The van der Waals surface area contributed by atoms with Crippen LogP contribution in [0.15, 0.2) is 12.4 Å². The van der Waals surface area contributed by atoms with Crippen molar-refractivity contribution in [1.82, 2.24) is 19.3 Å². The van der Waals surface area contributed by atoms with E-state index < -0.39 is 11.9 Å². The Labute approximate surface area is 153 Å². The average Bonchev–Trinajstić information content (AvgIpc) is 3.28. The smallest absolute Gasteiger partial charge is 0.384 e. The molecule has 0 aliphatic carbocycles. The quantitative estimate of drug-likeness (QED) is 0.752. The van der Waals surface area contributed by atoms with Crippen molar-refractivity contribution < 1.29 is 17.9 Å².